The van der Waals surface area contributed by atoms with Crippen LogP contribution >= 0.6 is 0 Å². The highest BCUT2D eigenvalue weighted by molar-refractivity contribution is 6.19. The van der Waals surface area contributed by atoms with Gasteiger partial charge in [0.2, 0.25) is 0 Å². The molecule has 6 heterocycles. The monoisotopic (exact) mass is 400 g/mol. The van der Waals surface area contributed by atoms with E-state index >= 15 is 0 Å². The highest BCUT2D eigenvalue weighted by Crippen LogP contribution is 2.30. The highest BCUT2D eigenvalue weighted by Gasteiger charge is 2.18. The molecule has 146 valence electrons. The molecular formula is C26H18N5+. The third kappa shape index (κ3) is 3.46. The summed E-state index contributed by atoms with van der Waals surface area (Å²) in [5.74, 6) is 0. The van der Waals surface area contributed by atoms with Gasteiger partial charge in [-0.1, -0.05) is 0 Å². The Balaban J connectivity index is 1.50. The lowest BCUT2D eigenvalue weighted by Crippen LogP contribution is -2.25. The van der Waals surface area contributed by atoms with Crippen LogP contribution in [-0.2, 0) is 7.05 Å². The number of hydrogen-bond donors (Lipinski definition) is 0. The standard InChI is InChI=1S/C26H18N5/c1-31-10-8-17(9-11-31)25-15-24-14-22-5-4-20(28-22)12-18-2-3-19(27-18)13-21-6-7-23(29-21)16-26(25)30-24/h2-16H,1H3/q+1. The Kier molecular flexibility index (Phi) is 3.93. The Morgan fingerprint density at radius 3 is 1.65 bits per heavy atom. The molecule has 0 unspecified atom stereocenters. The Hall–Kier alpha value is -4.25. The van der Waals surface area contributed by atoms with Crippen LogP contribution in [0.3, 0.4) is 0 Å². The summed E-state index contributed by atoms with van der Waals surface area (Å²) in [5, 5.41) is 0. The molecule has 0 aromatic carbocycles. The van der Waals surface area contributed by atoms with Gasteiger partial charge in [0, 0.05) is 17.7 Å². The number of aliphatic imine (C=N–C) groups is 4. The summed E-state index contributed by atoms with van der Waals surface area (Å²) in [4.78, 5) is 19.0. The number of hydrogen-bond acceptors (Lipinski definition) is 4. The number of aromatic nitrogens is 1. The second kappa shape index (κ2) is 6.92. The van der Waals surface area contributed by atoms with E-state index in [1.54, 1.807) is 0 Å². The zero-order valence-electron chi connectivity index (χ0n) is 16.9. The van der Waals surface area contributed by atoms with Crippen molar-refractivity contribution in [1.82, 2.24) is 0 Å². The van der Waals surface area contributed by atoms with Crippen molar-refractivity contribution in [1.29, 1.82) is 0 Å². The van der Waals surface area contributed by atoms with Crippen molar-refractivity contribution < 1.29 is 4.57 Å². The minimum atomic E-state index is 0.873. The molecule has 0 radical (unpaired) electrons. The molecule has 0 saturated carbocycles. The minimum Gasteiger partial charge on any atom is -0.249 e. The van der Waals surface area contributed by atoms with Gasteiger partial charge in [0.25, 0.3) is 0 Å². The van der Waals surface area contributed by atoms with Crippen LogP contribution in [0.15, 0.2) is 134 Å². The van der Waals surface area contributed by atoms with Gasteiger partial charge in [-0.3, -0.25) is 0 Å². The van der Waals surface area contributed by atoms with Crippen LogP contribution in [0.1, 0.15) is 5.56 Å². The molecule has 5 aliphatic rings. The van der Waals surface area contributed by atoms with Crippen molar-refractivity contribution in [3.63, 3.8) is 0 Å². The second-order valence-corrected chi connectivity index (χ2v) is 7.69. The molecule has 1 aromatic heterocycles. The lowest BCUT2D eigenvalue weighted by molar-refractivity contribution is -0.671. The van der Waals surface area contributed by atoms with Crippen molar-refractivity contribution in [3.05, 3.63) is 120 Å². The Morgan fingerprint density at radius 1 is 0.548 bits per heavy atom. The fraction of sp³-hybridized carbons (Fsp3) is 0.0385. The minimum absolute atomic E-state index is 0.873. The molecule has 8 bridgehead atoms. The molecule has 0 amide bonds. The average Bonchev–Trinajstić information content (AvgIpc) is 3.54. The molecule has 0 spiro atoms. The van der Waals surface area contributed by atoms with Crippen LogP contribution in [-0.4, -0.2) is 22.8 Å². The summed E-state index contributed by atoms with van der Waals surface area (Å²) in [7, 11) is 2.01. The van der Waals surface area contributed by atoms with Crippen molar-refractivity contribution in [2.45, 2.75) is 0 Å². The van der Waals surface area contributed by atoms with E-state index in [1.165, 1.54) is 0 Å². The van der Waals surface area contributed by atoms with E-state index in [9.17, 15) is 0 Å². The smallest absolute Gasteiger partial charge is 0.169 e. The number of pyridine rings is 1. The molecule has 6 rings (SSSR count). The normalized spacial score (nSPS) is 20.5. The maximum Gasteiger partial charge on any atom is 0.169 e. The predicted molar refractivity (Wildman–Crippen MR) is 125 cm³/mol. The molecule has 0 fully saturated rings. The second-order valence-electron chi connectivity index (χ2n) is 7.69. The SMILES string of the molecule is C[n+]1ccc(C2=CC3=NC2=CC2=NC(=CC4=NC(=CC5=NC(=C3)C=C5)C=C4)C=C2)cc1. The summed E-state index contributed by atoms with van der Waals surface area (Å²) < 4.78 is 2.02. The predicted octanol–water partition coefficient (Wildman–Crippen LogP) is 3.93. The number of aryl methyl sites for hydroxylation is 1. The first-order valence-corrected chi connectivity index (χ1v) is 10.1. The van der Waals surface area contributed by atoms with Gasteiger partial charge in [0.05, 0.1) is 45.6 Å². The number of fused-ring (bicyclic) bond motifs is 4. The van der Waals surface area contributed by atoms with E-state index < -0.39 is 0 Å². The van der Waals surface area contributed by atoms with Crippen LogP contribution in [0.2, 0.25) is 0 Å². The lowest BCUT2D eigenvalue weighted by atomic mass is 10.0. The first kappa shape index (κ1) is 17.6. The summed E-state index contributed by atoms with van der Waals surface area (Å²) in [6.07, 6.45) is 26.2. The summed E-state index contributed by atoms with van der Waals surface area (Å²) in [6, 6.07) is 4.20. The van der Waals surface area contributed by atoms with Gasteiger partial charge in [-0.2, -0.15) is 0 Å². The van der Waals surface area contributed by atoms with E-state index in [0.29, 0.717) is 0 Å². The molecule has 5 nitrogen and oxygen atoms in total. The van der Waals surface area contributed by atoms with E-state index in [0.717, 1.165) is 56.8 Å². The van der Waals surface area contributed by atoms with Crippen LogP contribution < -0.4 is 4.57 Å². The van der Waals surface area contributed by atoms with Gasteiger partial charge >= 0.3 is 0 Å². The van der Waals surface area contributed by atoms with Gasteiger partial charge in [-0.25, -0.2) is 24.5 Å². The summed E-state index contributed by atoms with van der Waals surface area (Å²) >= 11 is 0. The van der Waals surface area contributed by atoms with Crippen LogP contribution in [0.5, 0.6) is 0 Å². The Bertz CT molecular complexity index is 1390. The molecule has 5 heteroatoms. The van der Waals surface area contributed by atoms with E-state index in [1.807, 2.05) is 84.8 Å². The van der Waals surface area contributed by atoms with Crippen LogP contribution in [0, 0.1) is 0 Å². The fourth-order valence-electron chi connectivity index (χ4n) is 3.81. The van der Waals surface area contributed by atoms with Gasteiger partial charge in [0.15, 0.2) is 12.4 Å². The quantitative estimate of drug-likeness (QED) is 0.642. The lowest BCUT2D eigenvalue weighted by Gasteiger charge is -2.03. The number of nitrogens with zero attached hydrogens (tertiary/aromatic N) is 5. The van der Waals surface area contributed by atoms with E-state index in [-0.39, 0.29) is 0 Å². The first-order chi connectivity index (χ1) is 15.2. The van der Waals surface area contributed by atoms with E-state index in [2.05, 4.69) is 23.2 Å². The maximum atomic E-state index is 4.89. The van der Waals surface area contributed by atoms with Gasteiger partial charge in [-0.15, -0.1) is 0 Å². The molecule has 0 saturated heterocycles. The maximum absolute atomic E-state index is 4.89. The Morgan fingerprint density at radius 2 is 1.06 bits per heavy atom. The van der Waals surface area contributed by atoms with Gasteiger partial charge in [0.1, 0.15) is 7.05 Å². The number of allylic oxidation sites excluding steroid dienone is 12. The molecule has 5 aliphatic heterocycles. The largest absolute Gasteiger partial charge is 0.249 e. The molecule has 0 aliphatic carbocycles. The summed E-state index contributed by atoms with van der Waals surface area (Å²) in [5.41, 5.74) is 9.23. The van der Waals surface area contributed by atoms with Crippen LogP contribution in [0.25, 0.3) is 5.57 Å². The highest BCUT2D eigenvalue weighted by atomic mass is 14.9. The molecule has 0 N–H and O–H groups in total. The van der Waals surface area contributed by atoms with Crippen molar-refractivity contribution >= 4 is 28.4 Å². The Labute approximate surface area is 180 Å². The molecule has 31 heavy (non-hydrogen) atoms. The topological polar surface area (TPSA) is 53.3 Å². The van der Waals surface area contributed by atoms with Crippen LogP contribution in [0.4, 0.5) is 0 Å². The first-order valence-electron chi connectivity index (χ1n) is 10.1. The fourth-order valence-corrected chi connectivity index (χ4v) is 3.81. The molecule has 1 aromatic rings. The third-order valence-corrected chi connectivity index (χ3v) is 5.33. The van der Waals surface area contributed by atoms with Crippen molar-refractivity contribution in [3.8, 4) is 0 Å². The van der Waals surface area contributed by atoms with Crippen molar-refractivity contribution in [2.75, 3.05) is 0 Å². The van der Waals surface area contributed by atoms with Gasteiger partial charge in [-0.05, 0) is 72.4 Å². The zero-order valence-corrected chi connectivity index (χ0v) is 16.9. The van der Waals surface area contributed by atoms with Crippen molar-refractivity contribution in [2.24, 2.45) is 27.0 Å². The number of rotatable bonds is 1. The van der Waals surface area contributed by atoms with E-state index in [4.69, 9.17) is 15.0 Å². The third-order valence-electron chi connectivity index (χ3n) is 5.33. The zero-order chi connectivity index (χ0) is 20.8. The summed E-state index contributed by atoms with van der Waals surface area (Å²) in [6.45, 7) is 0. The molecular weight excluding hydrogens is 382 g/mol. The van der Waals surface area contributed by atoms with Gasteiger partial charge < -0.3 is 0 Å². The average molecular weight is 400 g/mol. The molecule has 0 atom stereocenters.